The van der Waals surface area contributed by atoms with E-state index in [0.29, 0.717) is 17.7 Å². The predicted molar refractivity (Wildman–Crippen MR) is 144 cm³/mol. The first-order valence-corrected chi connectivity index (χ1v) is 13.2. The Hall–Kier alpha value is -3.95. The van der Waals surface area contributed by atoms with Gasteiger partial charge in [0.15, 0.2) is 11.4 Å². The summed E-state index contributed by atoms with van der Waals surface area (Å²) < 4.78 is 19.5. The Morgan fingerprint density at radius 3 is 2.38 bits per heavy atom. The molecule has 8 nitrogen and oxygen atoms in total. The summed E-state index contributed by atoms with van der Waals surface area (Å²) in [5.74, 6) is -2.59. The van der Waals surface area contributed by atoms with Crippen molar-refractivity contribution in [2.45, 2.75) is 23.7 Å². The lowest BCUT2D eigenvalue weighted by molar-refractivity contribution is -0.163. The summed E-state index contributed by atoms with van der Waals surface area (Å²) in [5.41, 5.74) is -1.87. The van der Waals surface area contributed by atoms with Gasteiger partial charge in [0.05, 0.1) is 32.9 Å². The number of hydrogen-bond donors (Lipinski definition) is 1. The average Bonchev–Trinajstić information content (AvgIpc) is 3.42. The second-order valence-electron chi connectivity index (χ2n) is 9.72. The third-order valence-electron chi connectivity index (χ3n) is 7.66. The molecule has 9 heteroatoms. The van der Waals surface area contributed by atoms with Crippen LogP contribution in [-0.4, -0.2) is 40.9 Å². The molecule has 4 atom stereocenters. The van der Waals surface area contributed by atoms with Crippen LogP contribution in [0.5, 0.6) is 11.5 Å². The summed E-state index contributed by atoms with van der Waals surface area (Å²) in [6.07, 6.45) is 1.66. The number of fused-ring (bicyclic) bond motifs is 4. The van der Waals surface area contributed by atoms with Crippen LogP contribution in [0.15, 0.2) is 89.5 Å². The zero-order chi connectivity index (χ0) is 27.4. The Kier molecular flexibility index (Phi) is 6.08. The molecule has 1 aliphatic heterocycles. The molecule has 39 heavy (non-hydrogen) atoms. The summed E-state index contributed by atoms with van der Waals surface area (Å²) in [6.45, 7) is 0.348. The maximum Gasteiger partial charge on any atom is 0.313 e. The molecule has 6 rings (SSSR count). The molecule has 1 unspecified atom stereocenters. The number of esters is 1. The summed E-state index contributed by atoms with van der Waals surface area (Å²) in [4.78, 5) is 27.9. The zero-order valence-corrected chi connectivity index (χ0v) is 22.8. The van der Waals surface area contributed by atoms with Gasteiger partial charge < -0.3 is 19.3 Å². The lowest BCUT2D eigenvalue weighted by Gasteiger charge is -2.37. The first kappa shape index (κ1) is 25.3. The molecule has 1 saturated carbocycles. The minimum atomic E-state index is -2.28. The van der Waals surface area contributed by atoms with Gasteiger partial charge in [0.1, 0.15) is 17.4 Å². The fraction of sp³-hybridized carbons (Fsp3) is 0.233. The number of halogens is 1. The van der Waals surface area contributed by atoms with Gasteiger partial charge in [0, 0.05) is 10.0 Å². The van der Waals surface area contributed by atoms with E-state index in [9.17, 15) is 14.7 Å². The summed E-state index contributed by atoms with van der Waals surface area (Å²) in [6, 6.07) is 23.8. The van der Waals surface area contributed by atoms with Crippen molar-refractivity contribution < 1.29 is 28.9 Å². The van der Waals surface area contributed by atoms with Gasteiger partial charge in [-0.05, 0) is 35.4 Å². The number of Topliss-reactive ketones (excluding diaryl/α,β-unsaturated/α-hetero) is 1. The molecule has 2 heterocycles. The lowest BCUT2D eigenvalue weighted by atomic mass is 9.75. The van der Waals surface area contributed by atoms with Gasteiger partial charge >= 0.3 is 5.97 Å². The highest BCUT2D eigenvalue weighted by molar-refractivity contribution is 9.10. The van der Waals surface area contributed by atoms with Crippen LogP contribution >= 0.6 is 15.9 Å². The van der Waals surface area contributed by atoms with Crippen LogP contribution in [0.2, 0.25) is 0 Å². The number of rotatable bonds is 6. The molecule has 0 spiro atoms. The second kappa shape index (κ2) is 9.36. The van der Waals surface area contributed by atoms with E-state index in [1.807, 2.05) is 54.6 Å². The van der Waals surface area contributed by atoms with E-state index in [1.165, 1.54) is 7.11 Å². The van der Waals surface area contributed by atoms with Crippen molar-refractivity contribution in [3.05, 3.63) is 112 Å². The van der Waals surface area contributed by atoms with Crippen LogP contribution < -0.4 is 9.47 Å². The lowest BCUT2D eigenvalue weighted by Crippen LogP contribution is -2.51. The van der Waals surface area contributed by atoms with E-state index < -0.39 is 34.8 Å². The second-order valence-corrected chi connectivity index (χ2v) is 10.6. The van der Waals surface area contributed by atoms with Gasteiger partial charge in [0.2, 0.25) is 11.4 Å². The highest BCUT2D eigenvalue weighted by Gasteiger charge is 2.77. The van der Waals surface area contributed by atoms with Crippen molar-refractivity contribution in [1.29, 1.82) is 0 Å². The SMILES string of the molecule is COC(=O)[C@H]1[C@@H](c2ccccc2)C2(c3ccc(Br)cc3)Oc3cn(Cc4ccc(OC)cc4)nc3[C@@]1(O)C2=O. The predicted octanol–water partition coefficient (Wildman–Crippen LogP) is 4.33. The number of methoxy groups -OCH3 is 2. The van der Waals surface area contributed by atoms with Gasteiger partial charge in [-0.2, -0.15) is 5.10 Å². The highest BCUT2D eigenvalue weighted by atomic mass is 79.9. The van der Waals surface area contributed by atoms with Crippen molar-refractivity contribution in [3.8, 4) is 11.5 Å². The Labute approximate surface area is 233 Å². The number of nitrogens with zero attached hydrogens (tertiary/aromatic N) is 2. The molecular formula is C30H25BrN2O6. The zero-order valence-electron chi connectivity index (χ0n) is 21.2. The Balaban J connectivity index is 1.55. The largest absolute Gasteiger partial charge is 0.497 e. The molecule has 2 aliphatic rings. The molecule has 4 aromatic rings. The third kappa shape index (κ3) is 3.71. The van der Waals surface area contributed by atoms with Gasteiger partial charge in [-0.15, -0.1) is 0 Å². The highest BCUT2D eigenvalue weighted by Crippen LogP contribution is 2.64. The van der Waals surface area contributed by atoms with E-state index in [0.717, 1.165) is 15.8 Å². The Morgan fingerprint density at radius 2 is 1.74 bits per heavy atom. The normalized spacial score (nSPS) is 25.1. The van der Waals surface area contributed by atoms with E-state index in [1.54, 1.807) is 42.3 Å². The van der Waals surface area contributed by atoms with Crippen molar-refractivity contribution in [1.82, 2.24) is 9.78 Å². The molecule has 2 bridgehead atoms. The first-order valence-electron chi connectivity index (χ1n) is 12.4. The third-order valence-corrected chi connectivity index (χ3v) is 8.18. The molecular weight excluding hydrogens is 564 g/mol. The van der Waals surface area contributed by atoms with Crippen LogP contribution in [0, 0.1) is 5.92 Å². The number of benzene rings is 3. The monoisotopic (exact) mass is 588 g/mol. The maximum atomic E-state index is 14.5. The molecule has 0 saturated heterocycles. The Bertz CT molecular complexity index is 1550. The molecule has 1 fully saturated rings. The standard InChI is InChI=1S/C30H25BrN2O6/c1-37-22-14-8-18(9-15-22)16-33-17-23-26(32-33)29(36)25(27(34)38-2)24(19-6-4-3-5-7-19)30(39-23,28(29)35)20-10-12-21(31)13-11-20/h3-15,17,24-25,36H,16H2,1-2H3/t24-,25-,29-,30?/m1/s1. The Morgan fingerprint density at radius 1 is 1.05 bits per heavy atom. The van der Waals surface area contributed by atoms with Crippen LogP contribution in [0.4, 0.5) is 0 Å². The molecule has 0 radical (unpaired) electrons. The fourth-order valence-electron chi connectivity index (χ4n) is 5.91. The number of carbonyl (C=O) groups excluding carboxylic acids is 2. The average molecular weight is 589 g/mol. The number of hydrogen-bond acceptors (Lipinski definition) is 7. The summed E-state index contributed by atoms with van der Waals surface area (Å²) in [5, 5.41) is 16.9. The van der Waals surface area contributed by atoms with Crippen LogP contribution in [-0.2, 0) is 32.1 Å². The van der Waals surface area contributed by atoms with Crippen molar-refractivity contribution in [2.75, 3.05) is 14.2 Å². The van der Waals surface area contributed by atoms with Gasteiger partial charge in [0.25, 0.3) is 0 Å². The molecule has 198 valence electrons. The van der Waals surface area contributed by atoms with Gasteiger partial charge in [-0.25, -0.2) is 0 Å². The van der Waals surface area contributed by atoms with E-state index >= 15 is 0 Å². The summed E-state index contributed by atoms with van der Waals surface area (Å²) in [7, 11) is 2.85. The number of carbonyl (C=O) groups is 2. The van der Waals surface area contributed by atoms with E-state index in [4.69, 9.17) is 14.2 Å². The smallest absolute Gasteiger partial charge is 0.313 e. The van der Waals surface area contributed by atoms with Crippen LogP contribution in [0.3, 0.4) is 0 Å². The molecule has 3 aromatic carbocycles. The molecule has 1 aromatic heterocycles. The van der Waals surface area contributed by atoms with Gasteiger partial charge in [-0.1, -0.05) is 70.5 Å². The van der Waals surface area contributed by atoms with Crippen molar-refractivity contribution in [3.63, 3.8) is 0 Å². The first-order chi connectivity index (χ1) is 18.8. The fourth-order valence-corrected chi connectivity index (χ4v) is 6.17. The maximum absolute atomic E-state index is 14.5. The van der Waals surface area contributed by atoms with Gasteiger partial charge in [-0.3, -0.25) is 14.3 Å². The topological polar surface area (TPSA) is 99.9 Å². The molecule has 1 aliphatic carbocycles. The van der Waals surface area contributed by atoms with E-state index in [2.05, 4.69) is 21.0 Å². The minimum Gasteiger partial charge on any atom is -0.497 e. The van der Waals surface area contributed by atoms with Crippen LogP contribution in [0.25, 0.3) is 0 Å². The van der Waals surface area contributed by atoms with Crippen LogP contribution in [0.1, 0.15) is 28.3 Å². The van der Waals surface area contributed by atoms with Crippen molar-refractivity contribution >= 4 is 27.7 Å². The number of aromatic nitrogens is 2. The number of aliphatic hydroxyl groups is 1. The number of ketones is 1. The minimum absolute atomic E-state index is 0.00239. The number of ether oxygens (including phenoxy) is 3. The molecule has 0 amide bonds. The van der Waals surface area contributed by atoms with E-state index in [-0.39, 0.29) is 11.4 Å². The molecule has 1 N–H and O–H groups in total. The van der Waals surface area contributed by atoms with Crippen molar-refractivity contribution in [2.24, 2.45) is 5.92 Å². The quantitative estimate of drug-likeness (QED) is 0.334. The summed E-state index contributed by atoms with van der Waals surface area (Å²) >= 11 is 3.45.